The van der Waals surface area contributed by atoms with Gasteiger partial charge in [0.05, 0.1) is 4.90 Å². The number of hydrogen-bond donors (Lipinski definition) is 1. The van der Waals surface area contributed by atoms with Gasteiger partial charge in [0.25, 0.3) is 0 Å². The number of nitrogens with one attached hydrogen (secondary N) is 1. The first-order valence-corrected chi connectivity index (χ1v) is 9.13. The van der Waals surface area contributed by atoms with E-state index in [1.807, 2.05) is 12.1 Å². The van der Waals surface area contributed by atoms with E-state index >= 15 is 0 Å². The molecule has 1 aromatic rings. The van der Waals surface area contributed by atoms with Crippen LogP contribution in [0.4, 0.5) is 0 Å². The average Bonchev–Trinajstić information content (AvgIpc) is 2.81. The fraction of sp³-hybridized carbons (Fsp3) is 0.455. The van der Waals surface area contributed by atoms with Gasteiger partial charge in [-0.3, -0.25) is 0 Å². The van der Waals surface area contributed by atoms with E-state index < -0.39 is 10.0 Å². The maximum absolute atomic E-state index is 12.1. The number of sulfonamides is 1. The molecule has 0 aliphatic carbocycles. The summed E-state index contributed by atoms with van der Waals surface area (Å²) in [7, 11) is -3.35. The summed E-state index contributed by atoms with van der Waals surface area (Å²) in [5.41, 5.74) is 1.07. The Morgan fingerprint density at radius 3 is 2.59 bits per heavy atom. The van der Waals surface area contributed by atoms with E-state index in [9.17, 15) is 8.42 Å². The topological polar surface area (TPSA) is 46.2 Å². The average molecular weight is 336 g/mol. The molecule has 1 unspecified atom stereocenters. The summed E-state index contributed by atoms with van der Waals surface area (Å²) in [6.45, 7) is 0. The number of rotatable bonds is 4. The van der Waals surface area contributed by atoms with Gasteiger partial charge in [-0.25, -0.2) is 13.1 Å². The summed E-state index contributed by atoms with van der Waals surface area (Å²) >= 11 is 5.13. The molecule has 0 aromatic heterocycles. The lowest BCUT2D eigenvalue weighted by atomic mass is 10.2. The van der Waals surface area contributed by atoms with Crippen molar-refractivity contribution in [1.82, 2.24) is 4.72 Å². The minimum atomic E-state index is -3.35. The molecular formula is C11H14BrNO2S2. The molecule has 0 bridgehead atoms. The summed E-state index contributed by atoms with van der Waals surface area (Å²) < 4.78 is 26.9. The summed E-state index contributed by atoms with van der Waals surface area (Å²) in [5.74, 6) is 1.91. The summed E-state index contributed by atoms with van der Waals surface area (Å²) in [6, 6.07) is 7.04. The molecule has 3 nitrogen and oxygen atoms in total. The van der Waals surface area contributed by atoms with E-state index in [-0.39, 0.29) is 6.04 Å². The van der Waals surface area contributed by atoms with E-state index in [0.717, 1.165) is 28.8 Å². The van der Waals surface area contributed by atoms with Crippen molar-refractivity contribution in [3.8, 4) is 0 Å². The molecule has 1 fully saturated rings. The molecule has 0 radical (unpaired) electrons. The van der Waals surface area contributed by atoms with Gasteiger partial charge in [-0.15, -0.1) is 0 Å². The predicted octanol–water partition coefficient (Wildman–Crippen LogP) is 2.37. The molecule has 17 heavy (non-hydrogen) atoms. The number of hydrogen-bond acceptors (Lipinski definition) is 3. The zero-order valence-electron chi connectivity index (χ0n) is 9.23. The third kappa shape index (κ3) is 3.47. The monoisotopic (exact) mass is 335 g/mol. The fourth-order valence-electron chi connectivity index (χ4n) is 1.67. The van der Waals surface area contributed by atoms with Crippen LogP contribution in [0.2, 0.25) is 0 Å². The Hall–Kier alpha value is -0.0400. The number of thioether (sulfide) groups is 1. The van der Waals surface area contributed by atoms with Gasteiger partial charge in [-0.1, -0.05) is 28.1 Å². The third-order valence-electron chi connectivity index (χ3n) is 2.64. The van der Waals surface area contributed by atoms with Crippen molar-refractivity contribution in [2.45, 2.75) is 22.7 Å². The molecular weight excluding hydrogens is 322 g/mol. The van der Waals surface area contributed by atoms with Crippen LogP contribution in [0.25, 0.3) is 0 Å². The fourth-order valence-corrected chi connectivity index (χ4v) is 4.57. The van der Waals surface area contributed by atoms with Gasteiger partial charge in [0, 0.05) is 17.1 Å². The first kappa shape index (κ1) is 13.4. The molecule has 2 rings (SSSR count). The molecule has 1 aliphatic heterocycles. The van der Waals surface area contributed by atoms with E-state index in [4.69, 9.17) is 0 Å². The standard InChI is InChI=1S/C11H14BrNO2S2/c12-7-9-1-3-11(4-2-9)17(14,15)13-10-5-6-16-8-10/h1-4,10,13H,5-8H2. The molecule has 1 aliphatic rings. The molecule has 0 spiro atoms. The number of halogens is 1. The molecule has 1 saturated heterocycles. The third-order valence-corrected chi connectivity index (χ3v) is 5.99. The Balaban J connectivity index is 2.12. The lowest BCUT2D eigenvalue weighted by Gasteiger charge is -2.12. The van der Waals surface area contributed by atoms with Crippen LogP contribution in [0, 0.1) is 0 Å². The van der Waals surface area contributed by atoms with Crippen LogP contribution in [0.15, 0.2) is 29.2 Å². The largest absolute Gasteiger partial charge is 0.240 e. The second-order valence-electron chi connectivity index (χ2n) is 3.96. The van der Waals surface area contributed by atoms with Crippen LogP contribution >= 0.6 is 27.7 Å². The lowest BCUT2D eigenvalue weighted by Crippen LogP contribution is -2.34. The van der Waals surface area contributed by atoms with E-state index in [1.165, 1.54) is 0 Å². The van der Waals surface area contributed by atoms with Crippen LogP contribution in [0.3, 0.4) is 0 Å². The number of alkyl halides is 1. The van der Waals surface area contributed by atoms with Gasteiger partial charge in [-0.05, 0) is 29.9 Å². The predicted molar refractivity (Wildman–Crippen MR) is 75.1 cm³/mol. The van der Waals surface area contributed by atoms with Gasteiger partial charge in [0.2, 0.25) is 10.0 Å². The second kappa shape index (κ2) is 5.73. The van der Waals surface area contributed by atoms with Crippen molar-refractivity contribution in [3.05, 3.63) is 29.8 Å². The van der Waals surface area contributed by atoms with E-state index in [0.29, 0.717) is 4.90 Å². The summed E-state index contributed by atoms with van der Waals surface area (Å²) in [4.78, 5) is 0.346. The van der Waals surface area contributed by atoms with Crippen molar-refractivity contribution in [2.75, 3.05) is 11.5 Å². The summed E-state index contributed by atoms with van der Waals surface area (Å²) in [6.07, 6.45) is 0.920. The molecule has 1 atom stereocenters. The minimum absolute atomic E-state index is 0.0841. The highest BCUT2D eigenvalue weighted by Gasteiger charge is 2.22. The Bertz CT molecular complexity index is 467. The van der Waals surface area contributed by atoms with Crippen LogP contribution < -0.4 is 4.72 Å². The number of benzene rings is 1. The molecule has 1 aromatic carbocycles. The Labute approximate surface area is 115 Å². The van der Waals surface area contributed by atoms with Gasteiger partial charge >= 0.3 is 0 Å². The van der Waals surface area contributed by atoms with Gasteiger partial charge in [-0.2, -0.15) is 11.8 Å². The molecule has 1 heterocycles. The Morgan fingerprint density at radius 2 is 2.06 bits per heavy atom. The van der Waals surface area contributed by atoms with Crippen LogP contribution in [-0.2, 0) is 15.4 Å². The normalized spacial score (nSPS) is 20.6. The van der Waals surface area contributed by atoms with Gasteiger partial charge in [0.15, 0.2) is 0 Å². The van der Waals surface area contributed by atoms with Gasteiger partial charge < -0.3 is 0 Å². The SMILES string of the molecule is O=S(=O)(NC1CCSC1)c1ccc(CBr)cc1. The molecule has 0 amide bonds. The quantitative estimate of drug-likeness (QED) is 0.859. The maximum atomic E-state index is 12.1. The van der Waals surface area contributed by atoms with Gasteiger partial charge in [0.1, 0.15) is 0 Å². The highest BCUT2D eigenvalue weighted by Crippen LogP contribution is 2.20. The van der Waals surface area contributed by atoms with Crippen LogP contribution in [-0.4, -0.2) is 26.0 Å². The van der Waals surface area contributed by atoms with Crippen molar-refractivity contribution in [1.29, 1.82) is 0 Å². The summed E-state index contributed by atoms with van der Waals surface area (Å²) in [5, 5.41) is 0.736. The first-order valence-electron chi connectivity index (χ1n) is 5.37. The van der Waals surface area contributed by atoms with Crippen LogP contribution in [0.1, 0.15) is 12.0 Å². The second-order valence-corrected chi connectivity index (χ2v) is 7.38. The Kier molecular flexibility index (Phi) is 4.52. The zero-order valence-corrected chi connectivity index (χ0v) is 12.4. The first-order chi connectivity index (χ1) is 8.12. The molecule has 6 heteroatoms. The maximum Gasteiger partial charge on any atom is 0.240 e. The van der Waals surface area contributed by atoms with Crippen molar-refractivity contribution < 1.29 is 8.42 Å². The van der Waals surface area contributed by atoms with Crippen molar-refractivity contribution in [3.63, 3.8) is 0 Å². The molecule has 0 saturated carbocycles. The lowest BCUT2D eigenvalue weighted by molar-refractivity contribution is 0.563. The highest BCUT2D eigenvalue weighted by atomic mass is 79.9. The molecule has 94 valence electrons. The van der Waals surface area contributed by atoms with Crippen LogP contribution in [0.5, 0.6) is 0 Å². The van der Waals surface area contributed by atoms with Crippen molar-refractivity contribution in [2.24, 2.45) is 0 Å². The molecule has 1 N–H and O–H groups in total. The Morgan fingerprint density at radius 1 is 1.35 bits per heavy atom. The zero-order chi connectivity index (χ0) is 12.3. The smallest absolute Gasteiger partial charge is 0.207 e. The van der Waals surface area contributed by atoms with E-state index in [2.05, 4.69) is 20.7 Å². The highest BCUT2D eigenvalue weighted by molar-refractivity contribution is 9.08. The van der Waals surface area contributed by atoms with E-state index in [1.54, 1.807) is 23.9 Å². The van der Waals surface area contributed by atoms with Crippen molar-refractivity contribution >= 4 is 37.7 Å². The minimum Gasteiger partial charge on any atom is -0.207 e.